The molecular weight excluding hydrogens is 593 g/mol. The fourth-order valence-corrected chi connectivity index (χ4v) is 6.89. The van der Waals surface area contributed by atoms with Gasteiger partial charge in [-0.25, -0.2) is 18.2 Å². The molecule has 0 saturated heterocycles. The molecule has 0 aliphatic rings. The molecule has 0 fully saturated rings. The number of carbonyl (C=O) groups is 1. The Morgan fingerprint density at radius 1 is 1.29 bits per heavy atom. The van der Waals surface area contributed by atoms with Gasteiger partial charge in [0.15, 0.2) is 0 Å². The number of alkyl halides is 3. The molecule has 0 amide bonds. The number of nitrogen functional groups attached to an aromatic ring is 1. The van der Waals surface area contributed by atoms with Crippen LogP contribution in [-0.4, -0.2) is 42.7 Å². The smallest absolute Gasteiger partial charge is 0.475 e. The third kappa shape index (κ3) is 7.68. The lowest BCUT2D eigenvalue weighted by Crippen LogP contribution is -2.21. The van der Waals surface area contributed by atoms with Crippen LogP contribution in [0, 0.1) is 5.41 Å². The number of aliphatic carboxylic acids is 1. The molecule has 35 heavy (non-hydrogen) atoms. The Bertz CT molecular complexity index is 1320. The van der Waals surface area contributed by atoms with E-state index in [1.54, 1.807) is 6.26 Å². The highest BCUT2D eigenvalue weighted by Gasteiger charge is 2.38. The summed E-state index contributed by atoms with van der Waals surface area (Å²) in [4.78, 5) is 13.8. The van der Waals surface area contributed by atoms with E-state index in [1.165, 1.54) is 41.4 Å². The standard InChI is InChI=1S/C18H17BrN4O2S3.C2HF3O2/c1-26-18-15(8-14(27-18)16(20)21)28(24,25)12-7-13(19)17(23-10-12)22-9-11-5-3-2-4-6-11;3-2(4,5)1(6)7/h2-8,10H,9H2,1H3,(H3,20,21)(H,22,23);(H,6,7). The summed E-state index contributed by atoms with van der Waals surface area (Å²) in [5.74, 6) is -2.35. The molecule has 5 N–H and O–H groups in total. The average molecular weight is 611 g/mol. The number of thioether (sulfide) groups is 1. The van der Waals surface area contributed by atoms with E-state index in [4.69, 9.17) is 21.0 Å². The maximum absolute atomic E-state index is 13.1. The third-order valence-corrected chi connectivity index (χ3v) is 8.99. The van der Waals surface area contributed by atoms with Crippen LogP contribution in [-0.2, 0) is 21.2 Å². The lowest BCUT2D eigenvalue weighted by Gasteiger charge is -2.10. The lowest BCUT2D eigenvalue weighted by molar-refractivity contribution is -0.192. The van der Waals surface area contributed by atoms with Crippen LogP contribution < -0.4 is 11.1 Å². The average Bonchev–Trinajstić information content (AvgIpc) is 3.24. The number of amidine groups is 1. The van der Waals surface area contributed by atoms with E-state index in [-0.39, 0.29) is 15.6 Å². The minimum absolute atomic E-state index is 0.0767. The molecule has 0 aliphatic carbocycles. The van der Waals surface area contributed by atoms with Crippen LogP contribution in [0.2, 0.25) is 0 Å². The van der Waals surface area contributed by atoms with Gasteiger partial charge in [0.25, 0.3) is 0 Å². The summed E-state index contributed by atoms with van der Waals surface area (Å²) < 4.78 is 59.1. The number of thiophene rings is 1. The first-order valence-electron chi connectivity index (χ1n) is 9.28. The second-order valence-electron chi connectivity index (χ2n) is 6.53. The van der Waals surface area contributed by atoms with Crippen molar-refractivity contribution >= 4 is 66.5 Å². The number of carboxylic acids is 1. The summed E-state index contributed by atoms with van der Waals surface area (Å²) in [6, 6.07) is 12.8. The number of rotatable bonds is 7. The molecule has 2 aromatic heterocycles. The SMILES string of the molecule is CSc1sc(C(=N)N)cc1S(=O)(=O)c1cnc(NCc2ccccc2)c(Br)c1.O=C(O)C(F)(F)F. The molecule has 8 nitrogen and oxygen atoms in total. The van der Waals surface area contributed by atoms with Crippen molar-refractivity contribution < 1.29 is 31.5 Å². The van der Waals surface area contributed by atoms with Crippen molar-refractivity contribution in [3.8, 4) is 0 Å². The van der Waals surface area contributed by atoms with E-state index >= 15 is 0 Å². The monoisotopic (exact) mass is 610 g/mol. The number of pyridine rings is 1. The Labute approximate surface area is 215 Å². The van der Waals surface area contributed by atoms with Gasteiger partial charge >= 0.3 is 12.1 Å². The quantitative estimate of drug-likeness (QED) is 0.166. The molecule has 0 spiro atoms. The van der Waals surface area contributed by atoms with Crippen molar-refractivity contribution in [1.82, 2.24) is 4.98 Å². The Kier molecular flexibility index (Phi) is 9.71. The van der Waals surface area contributed by atoms with Crippen LogP contribution in [0.3, 0.4) is 0 Å². The number of benzene rings is 1. The minimum Gasteiger partial charge on any atom is -0.475 e. The minimum atomic E-state index is -5.08. The summed E-state index contributed by atoms with van der Waals surface area (Å²) in [6.07, 6.45) is -1.96. The number of hydrogen-bond donors (Lipinski definition) is 4. The van der Waals surface area contributed by atoms with Crippen molar-refractivity contribution in [2.24, 2.45) is 5.73 Å². The fraction of sp³-hybridized carbons (Fsp3) is 0.150. The van der Waals surface area contributed by atoms with Gasteiger partial charge in [-0.05, 0) is 39.9 Å². The molecule has 188 valence electrons. The van der Waals surface area contributed by atoms with Crippen LogP contribution in [0.1, 0.15) is 10.4 Å². The predicted octanol–water partition coefficient (Wildman–Crippen LogP) is 4.99. The van der Waals surface area contributed by atoms with Gasteiger partial charge in [0.05, 0.1) is 23.4 Å². The summed E-state index contributed by atoms with van der Waals surface area (Å²) in [5, 5.41) is 17.9. The lowest BCUT2D eigenvalue weighted by atomic mass is 10.2. The maximum atomic E-state index is 13.1. The maximum Gasteiger partial charge on any atom is 0.490 e. The van der Waals surface area contributed by atoms with Crippen molar-refractivity contribution in [1.29, 1.82) is 5.41 Å². The Morgan fingerprint density at radius 2 is 1.89 bits per heavy atom. The zero-order valence-corrected chi connectivity index (χ0v) is 21.8. The highest BCUT2D eigenvalue weighted by Crippen LogP contribution is 2.37. The number of halogens is 4. The first-order chi connectivity index (χ1) is 16.3. The van der Waals surface area contributed by atoms with Crippen molar-refractivity contribution in [2.75, 3.05) is 11.6 Å². The predicted molar refractivity (Wildman–Crippen MR) is 132 cm³/mol. The second kappa shape index (κ2) is 11.9. The summed E-state index contributed by atoms with van der Waals surface area (Å²) in [7, 11) is -3.78. The Morgan fingerprint density at radius 3 is 2.37 bits per heavy atom. The number of sulfone groups is 1. The first kappa shape index (κ1) is 28.6. The van der Waals surface area contributed by atoms with Gasteiger partial charge in [-0.3, -0.25) is 5.41 Å². The van der Waals surface area contributed by atoms with Crippen molar-refractivity contribution in [3.05, 3.63) is 63.6 Å². The van der Waals surface area contributed by atoms with Crippen LogP contribution in [0.4, 0.5) is 19.0 Å². The van der Waals surface area contributed by atoms with Crippen molar-refractivity contribution in [2.45, 2.75) is 26.7 Å². The number of hydrogen-bond acceptors (Lipinski definition) is 8. The van der Waals surface area contributed by atoms with E-state index < -0.39 is 22.0 Å². The summed E-state index contributed by atoms with van der Waals surface area (Å²) in [5.41, 5.74) is 6.61. The molecule has 2 heterocycles. The zero-order valence-electron chi connectivity index (χ0n) is 17.8. The highest BCUT2D eigenvalue weighted by molar-refractivity contribution is 9.10. The number of carboxylic acid groups (broad SMARTS) is 1. The number of nitrogens with one attached hydrogen (secondary N) is 2. The van der Waals surface area contributed by atoms with E-state index in [0.717, 1.165) is 5.56 Å². The molecule has 15 heteroatoms. The van der Waals surface area contributed by atoms with Gasteiger partial charge in [0.1, 0.15) is 11.7 Å². The third-order valence-electron chi connectivity index (χ3n) is 4.08. The molecule has 0 atom stereocenters. The van der Waals surface area contributed by atoms with Gasteiger partial charge in [-0.1, -0.05) is 30.3 Å². The van der Waals surface area contributed by atoms with Gasteiger partial charge in [-0.15, -0.1) is 23.1 Å². The normalized spacial score (nSPS) is 11.3. The van der Waals surface area contributed by atoms with Gasteiger partial charge in [0, 0.05) is 12.7 Å². The second-order valence-corrected chi connectivity index (χ2v) is 11.4. The number of nitrogens with two attached hydrogens (primary N) is 1. The van der Waals surface area contributed by atoms with Crippen LogP contribution >= 0.6 is 39.0 Å². The van der Waals surface area contributed by atoms with E-state index in [9.17, 15) is 21.6 Å². The molecule has 0 aliphatic heterocycles. The van der Waals surface area contributed by atoms with E-state index in [0.29, 0.717) is 25.9 Å². The number of anilines is 1. The van der Waals surface area contributed by atoms with E-state index in [2.05, 4.69) is 26.2 Å². The van der Waals surface area contributed by atoms with Crippen LogP contribution in [0.5, 0.6) is 0 Å². The largest absolute Gasteiger partial charge is 0.490 e. The molecule has 1 aromatic carbocycles. The molecule has 3 aromatic rings. The van der Waals surface area contributed by atoms with E-state index in [1.807, 2.05) is 30.3 Å². The Balaban J connectivity index is 0.000000540. The topological polar surface area (TPSA) is 146 Å². The van der Waals surface area contributed by atoms with Crippen molar-refractivity contribution in [3.63, 3.8) is 0 Å². The molecule has 0 saturated carbocycles. The first-order valence-corrected chi connectivity index (χ1v) is 13.6. The fourth-order valence-electron chi connectivity index (χ4n) is 2.43. The van der Waals surface area contributed by atoms with Gasteiger partial charge < -0.3 is 16.2 Å². The zero-order chi connectivity index (χ0) is 26.4. The summed E-state index contributed by atoms with van der Waals surface area (Å²) >= 11 is 5.91. The molecular formula is C20H18BrF3N4O4S3. The highest BCUT2D eigenvalue weighted by atomic mass is 79.9. The summed E-state index contributed by atoms with van der Waals surface area (Å²) in [6.45, 7) is 0.571. The van der Waals surface area contributed by atoms with Crippen LogP contribution in [0.15, 0.2) is 67.1 Å². The number of nitrogens with zero attached hydrogens (tertiary/aromatic N) is 1. The molecule has 0 unspecified atom stereocenters. The Hall–Kier alpha value is -2.62. The van der Waals surface area contributed by atoms with Gasteiger partial charge in [-0.2, -0.15) is 13.2 Å². The van der Waals surface area contributed by atoms with Gasteiger partial charge in [0.2, 0.25) is 9.84 Å². The molecule has 0 bridgehead atoms. The molecule has 0 radical (unpaired) electrons. The molecule has 3 rings (SSSR count). The van der Waals surface area contributed by atoms with Crippen LogP contribution in [0.25, 0.3) is 0 Å². The number of aromatic nitrogens is 1.